The van der Waals surface area contributed by atoms with Gasteiger partial charge >= 0.3 is 0 Å². The molecule has 0 spiro atoms. The van der Waals surface area contributed by atoms with Crippen LogP contribution in [0.2, 0.25) is 5.02 Å². The molecule has 1 unspecified atom stereocenters. The summed E-state index contributed by atoms with van der Waals surface area (Å²) in [6, 6.07) is 3.43. The van der Waals surface area contributed by atoms with Crippen molar-refractivity contribution in [3.8, 4) is 0 Å². The van der Waals surface area contributed by atoms with Crippen LogP contribution in [0.25, 0.3) is 0 Å². The Morgan fingerprint density at radius 1 is 1.40 bits per heavy atom. The highest BCUT2D eigenvalue weighted by molar-refractivity contribution is 7.90. The molecule has 25 heavy (non-hydrogen) atoms. The Morgan fingerprint density at radius 2 is 2.16 bits per heavy atom. The highest BCUT2D eigenvalue weighted by atomic mass is 35.5. The first kappa shape index (κ1) is 18.3. The molecular formula is C17H22ClN4O2S. The molecule has 0 bridgehead atoms. The largest absolute Gasteiger partial charge is 0.224 e. The molecule has 1 aliphatic carbocycles. The number of tetrazole rings is 1. The molecule has 1 aromatic carbocycles. The minimum absolute atomic E-state index is 0.169. The average molecular weight is 382 g/mol. The third-order valence-corrected chi connectivity index (χ3v) is 6.22. The smallest absolute Gasteiger partial charge is 0.175 e. The number of hydrogen-bond donors (Lipinski definition) is 0. The number of aromatic nitrogens is 4. The molecule has 1 atom stereocenters. The quantitative estimate of drug-likeness (QED) is 0.701. The Kier molecular flexibility index (Phi) is 5.43. The zero-order chi connectivity index (χ0) is 18.0. The van der Waals surface area contributed by atoms with Gasteiger partial charge in [0, 0.05) is 11.8 Å². The van der Waals surface area contributed by atoms with Crippen LogP contribution in [0.3, 0.4) is 0 Å². The number of hydrogen-bond acceptors (Lipinski definition) is 5. The summed E-state index contributed by atoms with van der Waals surface area (Å²) in [6.07, 6.45) is 9.50. The van der Waals surface area contributed by atoms with E-state index < -0.39 is 9.84 Å². The summed E-state index contributed by atoms with van der Waals surface area (Å²) >= 11 is 6.61. The van der Waals surface area contributed by atoms with Crippen molar-refractivity contribution in [1.82, 2.24) is 20.2 Å². The van der Waals surface area contributed by atoms with Gasteiger partial charge < -0.3 is 0 Å². The van der Waals surface area contributed by atoms with Crippen molar-refractivity contribution in [2.75, 3.05) is 6.26 Å². The summed E-state index contributed by atoms with van der Waals surface area (Å²) < 4.78 is 24.3. The summed E-state index contributed by atoms with van der Waals surface area (Å²) in [5.41, 5.74) is 1.38. The molecule has 1 saturated carbocycles. The highest BCUT2D eigenvalue weighted by Gasteiger charge is 2.26. The normalized spacial score (nSPS) is 16.1. The van der Waals surface area contributed by atoms with Gasteiger partial charge in [0.05, 0.1) is 16.5 Å². The molecule has 1 radical (unpaired) electrons. The molecule has 6 nitrogen and oxygen atoms in total. The van der Waals surface area contributed by atoms with Crippen LogP contribution in [0.1, 0.15) is 43.7 Å². The summed E-state index contributed by atoms with van der Waals surface area (Å²) in [7, 11) is -3.41. The van der Waals surface area contributed by atoms with Gasteiger partial charge in [0.15, 0.2) is 16.2 Å². The molecule has 135 valence electrons. The van der Waals surface area contributed by atoms with Gasteiger partial charge in [0.25, 0.3) is 0 Å². The lowest BCUT2D eigenvalue weighted by Gasteiger charge is -2.18. The summed E-state index contributed by atoms with van der Waals surface area (Å²) in [6.45, 7) is 2.34. The van der Waals surface area contributed by atoms with Gasteiger partial charge in [-0.3, -0.25) is 0 Å². The molecule has 1 fully saturated rings. The van der Waals surface area contributed by atoms with Crippen molar-refractivity contribution in [3.63, 3.8) is 0 Å². The van der Waals surface area contributed by atoms with E-state index in [4.69, 9.17) is 11.6 Å². The molecule has 1 aliphatic rings. The SMILES string of the molecule is CCC([CH]c1ccc(S(C)(=O)=O)c(Cn2ncnn2)c1Cl)CC1CC1. The number of nitrogens with zero attached hydrogens (tertiary/aromatic N) is 4. The van der Waals surface area contributed by atoms with Crippen LogP contribution >= 0.6 is 11.6 Å². The van der Waals surface area contributed by atoms with Crippen LogP contribution in [-0.4, -0.2) is 34.9 Å². The van der Waals surface area contributed by atoms with E-state index in [1.54, 1.807) is 12.1 Å². The Morgan fingerprint density at radius 3 is 2.72 bits per heavy atom. The van der Waals surface area contributed by atoms with E-state index in [1.165, 1.54) is 36.6 Å². The lowest BCUT2D eigenvalue weighted by atomic mass is 9.91. The van der Waals surface area contributed by atoms with E-state index >= 15 is 0 Å². The van der Waals surface area contributed by atoms with Crippen molar-refractivity contribution >= 4 is 21.4 Å². The Bertz CT molecular complexity index is 833. The highest BCUT2D eigenvalue weighted by Crippen LogP contribution is 2.39. The lowest BCUT2D eigenvalue weighted by molar-refractivity contribution is 0.506. The van der Waals surface area contributed by atoms with E-state index in [9.17, 15) is 8.42 Å². The first-order chi connectivity index (χ1) is 11.9. The van der Waals surface area contributed by atoms with Gasteiger partial charge in [-0.1, -0.05) is 43.9 Å². The van der Waals surface area contributed by atoms with Crippen molar-refractivity contribution in [1.29, 1.82) is 0 Å². The molecule has 0 N–H and O–H groups in total. The average Bonchev–Trinajstić information content (AvgIpc) is 3.22. The minimum Gasteiger partial charge on any atom is -0.224 e. The fourth-order valence-corrected chi connectivity index (χ4v) is 4.31. The zero-order valence-electron chi connectivity index (χ0n) is 14.4. The summed E-state index contributed by atoms with van der Waals surface area (Å²) in [4.78, 5) is 1.54. The second kappa shape index (κ2) is 7.41. The van der Waals surface area contributed by atoms with E-state index in [0.717, 1.165) is 17.9 Å². The van der Waals surface area contributed by atoms with E-state index in [0.29, 0.717) is 16.5 Å². The van der Waals surface area contributed by atoms with Crippen molar-refractivity contribution < 1.29 is 8.42 Å². The van der Waals surface area contributed by atoms with Crippen molar-refractivity contribution in [2.24, 2.45) is 11.8 Å². The molecule has 1 heterocycles. The topological polar surface area (TPSA) is 77.7 Å². The molecule has 3 rings (SSSR count). The molecule has 0 amide bonds. The number of halogens is 1. The van der Waals surface area contributed by atoms with Crippen molar-refractivity contribution in [3.05, 3.63) is 41.0 Å². The van der Waals surface area contributed by atoms with Gasteiger partial charge in [-0.2, -0.15) is 4.80 Å². The van der Waals surface area contributed by atoms with Gasteiger partial charge in [0.2, 0.25) is 0 Å². The second-order valence-electron chi connectivity index (χ2n) is 6.70. The third kappa shape index (κ3) is 4.58. The zero-order valence-corrected chi connectivity index (χ0v) is 16.0. The first-order valence-corrected chi connectivity index (χ1v) is 10.7. The van der Waals surface area contributed by atoms with Gasteiger partial charge in [-0.05, 0) is 41.5 Å². The van der Waals surface area contributed by atoms with E-state index in [-0.39, 0.29) is 11.4 Å². The third-order valence-electron chi connectivity index (χ3n) is 4.59. The summed E-state index contributed by atoms with van der Waals surface area (Å²) in [5, 5.41) is 11.9. The summed E-state index contributed by atoms with van der Waals surface area (Å²) in [5.74, 6) is 1.28. The van der Waals surface area contributed by atoms with Crippen molar-refractivity contribution in [2.45, 2.75) is 44.0 Å². The maximum atomic E-state index is 12.1. The maximum Gasteiger partial charge on any atom is 0.175 e. The number of benzene rings is 1. The molecule has 2 aromatic rings. The predicted molar refractivity (Wildman–Crippen MR) is 96.0 cm³/mol. The Hall–Kier alpha value is -1.47. The number of rotatable bonds is 8. The molecule has 0 saturated heterocycles. The van der Waals surface area contributed by atoms with Gasteiger partial charge in [-0.25, -0.2) is 8.42 Å². The van der Waals surface area contributed by atoms with Crippen LogP contribution in [0.5, 0.6) is 0 Å². The monoisotopic (exact) mass is 381 g/mol. The fraction of sp³-hybridized carbons (Fsp3) is 0.529. The molecule has 1 aromatic heterocycles. The first-order valence-electron chi connectivity index (χ1n) is 8.45. The van der Waals surface area contributed by atoms with Crippen LogP contribution in [0.15, 0.2) is 23.4 Å². The predicted octanol–water partition coefficient (Wildman–Crippen LogP) is 3.16. The van der Waals surface area contributed by atoms with Crippen LogP contribution in [-0.2, 0) is 16.4 Å². The maximum absolute atomic E-state index is 12.1. The second-order valence-corrected chi connectivity index (χ2v) is 9.06. The standard InChI is InChI=1S/C17H22ClN4O2S/c1-3-12(8-13-4-5-13)9-14-6-7-16(25(2,23)24)15(17(14)18)10-22-20-11-19-21-22/h6-7,9,11-13H,3-5,8,10H2,1-2H3. The van der Waals surface area contributed by atoms with E-state index in [2.05, 4.69) is 28.8 Å². The lowest BCUT2D eigenvalue weighted by Crippen LogP contribution is -2.12. The van der Waals surface area contributed by atoms with Crippen LogP contribution < -0.4 is 0 Å². The Balaban J connectivity index is 1.94. The minimum atomic E-state index is -3.41. The molecule has 0 aliphatic heterocycles. The fourth-order valence-electron chi connectivity index (χ4n) is 3.04. The van der Waals surface area contributed by atoms with Crippen LogP contribution in [0.4, 0.5) is 0 Å². The van der Waals surface area contributed by atoms with Crippen LogP contribution in [0, 0.1) is 18.3 Å². The number of sulfone groups is 1. The van der Waals surface area contributed by atoms with E-state index in [1.807, 2.05) is 0 Å². The van der Waals surface area contributed by atoms with Gasteiger partial charge in [-0.15, -0.1) is 10.2 Å². The van der Waals surface area contributed by atoms with Gasteiger partial charge in [0.1, 0.15) is 0 Å². The Labute approximate surface area is 153 Å². The molecule has 8 heteroatoms. The molecular weight excluding hydrogens is 360 g/mol.